The van der Waals surface area contributed by atoms with Crippen LogP contribution in [0.4, 0.5) is 0 Å². The number of aryl methyl sites for hydroxylation is 2. The van der Waals surface area contributed by atoms with E-state index in [2.05, 4.69) is 11.9 Å². The third-order valence-electron chi connectivity index (χ3n) is 4.05. The molecule has 2 atom stereocenters. The summed E-state index contributed by atoms with van der Waals surface area (Å²) in [7, 11) is 5.64. The van der Waals surface area contributed by atoms with Crippen LogP contribution < -0.4 is 0 Å². The zero-order chi connectivity index (χ0) is 14.9. The van der Waals surface area contributed by atoms with Gasteiger partial charge in [-0.3, -0.25) is 9.69 Å². The monoisotopic (exact) mass is 280 g/mol. The highest BCUT2D eigenvalue weighted by molar-refractivity contribution is 5.92. The predicted molar refractivity (Wildman–Crippen MR) is 77.0 cm³/mol. The molecule has 2 rings (SSSR count). The van der Waals surface area contributed by atoms with E-state index in [0.29, 0.717) is 18.3 Å². The number of ether oxygens (including phenoxy) is 1. The summed E-state index contributed by atoms with van der Waals surface area (Å²) in [6, 6.07) is 2.23. The van der Waals surface area contributed by atoms with Crippen molar-refractivity contribution < 1.29 is 13.9 Å². The molecule has 1 aliphatic heterocycles. The maximum absolute atomic E-state index is 12.4. The maximum atomic E-state index is 12.4. The minimum atomic E-state index is -0.0510. The molecule has 0 bridgehead atoms. The number of likely N-dealkylation sites (N-methyl/N-ethyl adjacent to an activating group) is 2. The van der Waals surface area contributed by atoms with Gasteiger partial charge in [0, 0.05) is 38.9 Å². The van der Waals surface area contributed by atoms with E-state index in [1.54, 1.807) is 12.0 Å². The van der Waals surface area contributed by atoms with Crippen molar-refractivity contribution in [1.29, 1.82) is 0 Å². The van der Waals surface area contributed by atoms with Crippen LogP contribution >= 0.6 is 0 Å². The molecule has 0 radical (unpaired) electrons. The predicted octanol–water partition coefficient (Wildman–Crippen LogP) is 1.69. The minimum absolute atomic E-state index is 0.0510. The number of nitrogens with zero attached hydrogens (tertiary/aromatic N) is 2. The summed E-state index contributed by atoms with van der Waals surface area (Å²) < 4.78 is 10.9. The number of likely N-dealkylation sites (tertiary alicyclic amines) is 1. The number of amides is 1. The quantitative estimate of drug-likeness (QED) is 0.842. The fourth-order valence-electron chi connectivity index (χ4n) is 2.84. The standard InChI is InChI=1S/C15H24N2O3/c1-10-6-11(2)20-14(10)15(18)17(4)8-12-7-13(19-5)9-16(12)3/h6,12-13H,7-9H2,1-5H3/t12-,13-/m0/s1. The van der Waals surface area contributed by atoms with E-state index in [4.69, 9.17) is 9.15 Å². The van der Waals surface area contributed by atoms with Gasteiger partial charge < -0.3 is 14.1 Å². The van der Waals surface area contributed by atoms with Crippen LogP contribution in [0.5, 0.6) is 0 Å². The zero-order valence-electron chi connectivity index (χ0n) is 13.0. The molecule has 1 fully saturated rings. The number of hydrogen-bond donors (Lipinski definition) is 0. The third kappa shape index (κ3) is 3.04. The Balaban J connectivity index is 2.00. The topological polar surface area (TPSA) is 45.9 Å². The van der Waals surface area contributed by atoms with Gasteiger partial charge in [0.1, 0.15) is 5.76 Å². The second kappa shape index (κ2) is 5.97. The SMILES string of the molecule is CO[C@H]1C[C@@H](CN(C)C(=O)c2oc(C)cc2C)N(C)C1. The van der Waals surface area contributed by atoms with Gasteiger partial charge in [0.2, 0.25) is 0 Å². The third-order valence-corrected chi connectivity index (χ3v) is 4.05. The van der Waals surface area contributed by atoms with E-state index in [1.807, 2.05) is 27.0 Å². The highest BCUT2D eigenvalue weighted by Gasteiger charge is 2.31. The Morgan fingerprint density at radius 2 is 2.25 bits per heavy atom. The molecule has 20 heavy (non-hydrogen) atoms. The molecule has 1 aliphatic rings. The number of methoxy groups -OCH3 is 1. The van der Waals surface area contributed by atoms with Crippen molar-refractivity contribution in [3.8, 4) is 0 Å². The Bertz CT molecular complexity index is 483. The normalized spacial score (nSPS) is 23.2. The first kappa shape index (κ1) is 15.1. The molecule has 0 saturated carbocycles. The number of carbonyl (C=O) groups is 1. The Kier molecular flexibility index (Phi) is 4.50. The lowest BCUT2D eigenvalue weighted by atomic mass is 10.1. The van der Waals surface area contributed by atoms with Crippen molar-refractivity contribution in [2.24, 2.45) is 0 Å². The first-order valence-corrected chi connectivity index (χ1v) is 6.98. The summed E-state index contributed by atoms with van der Waals surface area (Å²) in [6.45, 7) is 5.37. The van der Waals surface area contributed by atoms with Crippen molar-refractivity contribution in [2.45, 2.75) is 32.4 Å². The fourth-order valence-corrected chi connectivity index (χ4v) is 2.84. The van der Waals surface area contributed by atoms with E-state index in [0.717, 1.165) is 24.3 Å². The van der Waals surface area contributed by atoms with Gasteiger partial charge >= 0.3 is 0 Å². The highest BCUT2D eigenvalue weighted by atomic mass is 16.5. The first-order chi connectivity index (χ1) is 9.42. The molecule has 0 aliphatic carbocycles. The summed E-state index contributed by atoms with van der Waals surface area (Å²) in [4.78, 5) is 16.4. The lowest BCUT2D eigenvalue weighted by molar-refractivity contribution is 0.0726. The van der Waals surface area contributed by atoms with Gasteiger partial charge in [-0.05, 0) is 33.4 Å². The number of rotatable bonds is 4. The summed E-state index contributed by atoms with van der Waals surface area (Å²) >= 11 is 0. The highest BCUT2D eigenvalue weighted by Crippen LogP contribution is 2.20. The van der Waals surface area contributed by atoms with Crippen LogP contribution in [-0.4, -0.2) is 62.1 Å². The average molecular weight is 280 g/mol. The molecular formula is C15H24N2O3. The summed E-state index contributed by atoms with van der Waals surface area (Å²) in [6.07, 6.45) is 1.22. The number of hydrogen-bond acceptors (Lipinski definition) is 4. The van der Waals surface area contributed by atoms with Crippen LogP contribution in [0, 0.1) is 13.8 Å². The molecule has 112 valence electrons. The van der Waals surface area contributed by atoms with E-state index in [9.17, 15) is 4.79 Å². The molecule has 1 aromatic rings. The number of furan rings is 1. The first-order valence-electron chi connectivity index (χ1n) is 6.98. The van der Waals surface area contributed by atoms with Crippen molar-refractivity contribution >= 4 is 5.91 Å². The maximum Gasteiger partial charge on any atom is 0.289 e. The van der Waals surface area contributed by atoms with Gasteiger partial charge in [-0.1, -0.05) is 0 Å². The Morgan fingerprint density at radius 3 is 2.75 bits per heavy atom. The smallest absolute Gasteiger partial charge is 0.289 e. The van der Waals surface area contributed by atoms with Gasteiger partial charge in [0.15, 0.2) is 5.76 Å². The van der Waals surface area contributed by atoms with Crippen LogP contribution in [0.25, 0.3) is 0 Å². The molecule has 1 amide bonds. The van der Waals surface area contributed by atoms with E-state index in [-0.39, 0.29) is 12.0 Å². The Hall–Kier alpha value is -1.33. The van der Waals surface area contributed by atoms with Gasteiger partial charge in [0.05, 0.1) is 6.10 Å². The van der Waals surface area contributed by atoms with Crippen LogP contribution in [0.15, 0.2) is 10.5 Å². The lowest BCUT2D eigenvalue weighted by Crippen LogP contribution is -2.39. The fraction of sp³-hybridized carbons (Fsp3) is 0.667. The van der Waals surface area contributed by atoms with Crippen molar-refractivity contribution in [1.82, 2.24) is 9.80 Å². The van der Waals surface area contributed by atoms with E-state index >= 15 is 0 Å². The molecular weight excluding hydrogens is 256 g/mol. The summed E-state index contributed by atoms with van der Waals surface area (Å²) in [5.74, 6) is 1.18. The van der Waals surface area contributed by atoms with E-state index in [1.165, 1.54) is 0 Å². The minimum Gasteiger partial charge on any atom is -0.456 e. The second-order valence-electron chi connectivity index (χ2n) is 5.74. The molecule has 0 spiro atoms. The second-order valence-corrected chi connectivity index (χ2v) is 5.74. The van der Waals surface area contributed by atoms with Crippen LogP contribution in [0.2, 0.25) is 0 Å². The Morgan fingerprint density at radius 1 is 1.55 bits per heavy atom. The number of carbonyl (C=O) groups excluding carboxylic acids is 1. The van der Waals surface area contributed by atoms with E-state index < -0.39 is 0 Å². The molecule has 0 aromatic carbocycles. The molecule has 0 N–H and O–H groups in total. The average Bonchev–Trinajstić information content (AvgIpc) is 2.91. The molecule has 2 heterocycles. The van der Waals surface area contributed by atoms with Crippen molar-refractivity contribution in [3.63, 3.8) is 0 Å². The van der Waals surface area contributed by atoms with Crippen LogP contribution in [0.1, 0.15) is 28.3 Å². The largest absolute Gasteiger partial charge is 0.456 e. The van der Waals surface area contributed by atoms with Crippen LogP contribution in [0.3, 0.4) is 0 Å². The molecule has 5 nitrogen and oxygen atoms in total. The Labute approximate surface area is 120 Å². The van der Waals surface area contributed by atoms with Gasteiger partial charge in [-0.2, -0.15) is 0 Å². The summed E-state index contributed by atoms with van der Waals surface area (Å²) in [5, 5.41) is 0. The summed E-state index contributed by atoms with van der Waals surface area (Å²) in [5.41, 5.74) is 0.897. The zero-order valence-corrected chi connectivity index (χ0v) is 13.0. The van der Waals surface area contributed by atoms with Crippen molar-refractivity contribution in [3.05, 3.63) is 23.2 Å². The van der Waals surface area contributed by atoms with Crippen LogP contribution in [-0.2, 0) is 4.74 Å². The molecule has 1 saturated heterocycles. The molecule has 5 heteroatoms. The molecule has 1 aromatic heterocycles. The van der Waals surface area contributed by atoms with Crippen molar-refractivity contribution in [2.75, 3.05) is 34.3 Å². The van der Waals surface area contributed by atoms with Gasteiger partial charge in [-0.25, -0.2) is 0 Å². The van der Waals surface area contributed by atoms with Gasteiger partial charge in [-0.15, -0.1) is 0 Å². The van der Waals surface area contributed by atoms with Gasteiger partial charge in [0.25, 0.3) is 5.91 Å². The lowest BCUT2D eigenvalue weighted by Gasteiger charge is -2.25. The molecule has 0 unspecified atom stereocenters.